The molecule has 0 radical (unpaired) electrons. The van der Waals surface area contributed by atoms with Crippen molar-refractivity contribution < 1.29 is 19.4 Å². The van der Waals surface area contributed by atoms with Crippen LogP contribution in [0, 0.1) is 12.8 Å². The van der Waals surface area contributed by atoms with Crippen LogP contribution in [0.1, 0.15) is 12.1 Å². The standard InChI is InChI=1S/C19H22N2O4/c1-13-17(3-2-9-20-13)14-4-6-16(7-5-14)25-12-15-11-24-10-8-18(15)21-19(22)23/h2-7,9,15,18,21H,8,10-12H2,1H3,(H,22,23). The van der Waals surface area contributed by atoms with E-state index >= 15 is 0 Å². The molecule has 6 heteroatoms. The molecule has 1 aliphatic heterocycles. The molecule has 0 aliphatic carbocycles. The van der Waals surface area contributed by atoms with Crippen molar-refractivity contribution in [2.75, 3.05) is 19.8 Å². The number of benzene rings is 1. The van der Waals surface area contributed by atoms with Gasteiger partial charge in [0.15, 0.2) is 0 Å². The first kappa shape index (κ1) is 17.2. The number of carboxylic acid groups (broad SMARTS) is 1. The summed E-state index contributed by atoms with van der Waals surface area (Å²) in [6.07, 6.45) is 1.44. The molecule has 132 valence electrons. The van der Waals surface area contributed by atoms with E-state index < -0.39 is 6.09 Å². The van der Waals surface area contributed by atoms with Crippen LogP contribution in [-0.4, -0.2) is 42.0 Å². The zero-order valence-corrected chi connectivity index (χ0v) is 14.1. The zero-order valence-electron chi connectivity index (χ0n) is 14.1. The number of rotatable bonds is 5. The normalized spacial score (nSPS) is 20.0. The van der Waals surface area contributed by atoms with E-state index in [2.05, 4.69) is 10.3 Å². The van der Waals surface area contributed by atoms with E-state index in [1.807, 2.05) is 43.3 Å². The van der Waals surface area contributed by atoms with Gasteiger partial charge in [-0.05, 0) is 37.1 Å². The molecule has 1 saturated heterocycles. The highest BCUT2D eigenvalue weighted by Crippen LogP contribution is 2.25. The highest BCUT2D eigenvalue weighted by Gasteiger charge is 2.27. The van der Waals surface area contributed by atoms with Crippen molar-refractivity contribution in [1.82, 2.24) is 10.3 Å². The Kier molecular flexibility index (Phi) is 5.50. The third kappa shape index (κ3) is 4.48. The predicted octanol–water partition coefficient (Wildman–Crippen LogP) is 3.11. The summed E-state index contributed by atoms with van der Waals surface area (Å²) in [5.41, 5.74) is 3.17. The lowest BCUT2D eigenvalue weighted by Crippen LogP contribution is -2.47. The number of aryl methyl sites for hydroxylation is 1. The van der Waals surface area contributed by atoms with Gasteiger partial charge in [-0.25, -0.2) is 4.79 Å². The van der Waals surface area contributed by atoms with Crippen molar-refractivity contribution in [3.63, 3.8) is 0 Å². The minimum Gasteiger partial charge on any atom is -0.493 e. The summed E-state index contributed by atoms with van der Waals surface area (Å²) in [7, 11) is 0. The average Bonchev–Trinajstić information content (AvgIpc) is 2.61. The number of carbonyl (C=O) groups is 1. The van der Waals surface area contributed by atoms with Gasteiger partial charge in [0.25, 0.3) is 0 Å². The Morgan fingerprint density at radius 2 is 2.16 bits per heavy atom. The summed E-state index contributed by atoms with van der Waals surface area (Å²) in [5, 5.41) is 11.5. The van der Waals surface area contributed by atoms with Crippen molar-refractivity contribution >= 4 is 6.09 Å². The van der Waals surface area contributed by atoms with E-state index in [4.69, 9.17) is 14.6 Å². The van der Waals surface area contributed by atoms with Gasteiger partial charge in [-0.3, -0.25) is 4.98 Å². The Morgan fingerprint density at radius 1 is 1.36 bits per heavy atom. The largest absolute Gasteiger partial charge is 0.493 e. The predicted molar refractivity (Wildman–Crippen MR) is 93.8 cm³/mol. The Morgan fingerprint density at radius 3 is 2.88 bits per heavy atom. The molecule has 2 atom stereocenters. The van der Waals surface area contributed by atoms with E-state index in [9.17, 15) is 4.79 Å². The van der Waals surface area contributed by atoms with Crippen LogP contribution in [0.15, 0.2) is 42.6 Å². The van der Waals surface area contributed by atoms with Crippen LogP contribution >= 0.6 is 0 Å². The van der Waals surface area contributed by atoms with Crippen LogP contribution < -0.4 is 10.1 Å². The molecule has 2 N–H and O–H groups in total. The first-order valence-corrected chi connectivity index (χ1v) is 8.35. The molecule has 1 fully saturated rings. The highest BCUT2D eigenvalue weighted by molar-refractivity contribution is 5.66. The fraction of sp³-hybridized carbons (Fsp3) is 0.368. The minimum absolute atomic E-state index is 0.00472. The maximum absolute atomic E-state index is 10.9. The van der Waals surface area contributed by atoms with Crippen LogP contribution in [0.4, 0.5) is 4.79 Å². The molecule has 2 heterocycles. The van der Waals surface area contributed by atoms with Gasteiger partial charge >= 0.3 is 6.09 Å². The molecule has 1 aromatic carbocycles. The molecule has 0 saturated carbocycles. The third-order valence-corrected chi connectivity index (χ3v) is 4.42. The Balaban J connectivity index is 1.61. The second kappa shape index (κ2) is 7.98. The van der Waals surface area contributed by atoms with Crippen molar-refractivity contribution in [3.05, 3.63) is 48.3 Å². The van der Waals surface area contributed by atoms with Gasteiger partial charge in [0, 0.05) is 36.0 Å². The second-order valence-electron chi connectivity index (χ2n) is 6.15. The lowest BCUT2D eigenvalue weighted by molar-refractivity contribution is 0.0140. The van der Waals surface area contributed by atoms with Crippen molar-refractivity contribution in [2.45, 2.75) is 19.4 Å². The Hall–Kier alpha value is -2.60. The molecular weight excluding hydrogens is 320 g/mol. The minimum atomic E-state index is -1.01. The van der Waals surface area contributed by atoms with Crippen LogP contribution in [0.25, 0.3) is 11.1 Å². The lowest BCUT2D eigenvalue weighted by Gasteiger charge is -2.31. The quantitative estimate of drug-likeness (QED) is 0.873. The molecule has 0 spiro atoms. The number of hydrogen-bond acceptors (Lipinski definition) is 4. The first-order valence-electron chi connectivity index (χ1n) is 8.35. The third-order valence-electron chi connectivity index (χ3n) is 4.42. The number of hydrogen-bond donors (Lipinski definition) is 2. The molecule has 3 rings (SSSR count). The molecule has 1 aromatic heterocycles. The zero-order chi connectivity index (χ0) is 17.6. The van der Waals surface area contributed by atoms with E-state index in [1.165, 1.54) is 0 Å². The van der Waals surface area contributed by atoms with Gasteiger partial charge in [-0.1, -0.05) is 18.2 Å². The van der Waals surface area contributed by atoms with Crippen LogP contribution in [0.3, 0.4) is 0 Å². The molecule has 0 bridgehead atoms. The molecule has 2 aromatic rings. The summed E-state index contributed by atoms with van der Waals surface area (Å²) in [5.74, 6) is 0.759. The molecule has 1 aliphatic rings. The Bertz CT molecular complexity index is 718. The lowest BCUT2D eigenvalue weighted by atomic mass is 9.97. The monoisotopic (exact) mass is 342 g/mol. The molecule has 2 unspecified atom stereocenters. The summed E-state index contributed by atoms with van der Waals surface area (Å²) < 4.78 is 11.3. The highest BCUT2D eigenvalue weighted by atomic mass is 16.5. The molecular formula is C19H22N2O4. The number of nitrogens with zero attached hydrogens (tertiary/aromatic N) is 1. The second-order valence-corrected chi connectivity index (χ2v) is 6.15. The van der Waals surface area contributed by atoms with E-state index in [-0.39, 0.29) is 12.0 Å². The smallest absolute Gasteiger partial charge is 0.404 e. The summed E-state index contributed by atoms with van der Waals surface area (Å²) in [4.78, 5) is 15.2. The summed E-state index contributed by atoms with van der Waals surface area (Å²) in [6, 6.07) is 11.7. The number of aromatic nitrogens is 1. The number of ether oxygens (including phenoxy) is 2. The van der Waals surface area contributed by atoms with Crippen LogP contribution in [-0.2, 0) is 4.74 Å². The molecule has 25 heavy (non-hydrogen) atoms. The fourth-order valence-electron chi connectivity index (χ4n) is 3.03. The molecule has 1 amide bonds. The van der Waals surface area contributed by atoms with E-state index in [0.29, 0.717) is 26.2 Å². The average molecular weight is 342 g/mol. The van der Waals surface area contributed by atoms with Crippen LogP contribution in [0.5, 0.6) is 5.75 Å². The topological polar surface area (TPSA) is 80.7 Å². The van der Waals surface area contributed by atoms with Gasteiger partial charge in [0.05, 0.1) is 13.2 Å². The SMILES string of the molecule is Cc1ncccc1-c1ccc(OCC2COCCC2NC(=O)O)cc1. The molecule has 6 nitrogen and oxygen atoms in total. The van der Waals surface area contributed by atoms with Gasteiger partial charge in [-0.15, -0.1) is 0 Å². The number of nitrogens with one attached hydrogen (secondary N) is 1. The maximum Gasteiger partial charge on any atom is 0.404 e. The first-order chi connectivity index (χ1) is 12.1. The summed E-state index contributed by atoms with van der Waals surface area (Å²) >= 11 is 0. The maximum atomic E-state index is 10.9. The van der Waals surface area contributed by atoms with E-state index in [1.54, 1.807) is 6.20 Å². The van der Waals surface area contributed by atoms with Gasteiger partial charge in [-0.2, -0.15) is 0 Å². The van der Waals surface area contributed by atoms with Gasteiger partial charge in [0.2, 0.25) is 0 Å². The van der Waals surface area contributed by atoms with Crippen molar-refractivity contribution in [1.29, 1.82) is 0 Å². The Labute approximate surface area is 146 Å². The number of amides is 1. The van der Waals surface area contributed by atoms with Gasteiger partial charge < -0.3 is 19.9 Å². The van der Waals surface area contributed by atoms with Crippen molar-refractivity contribution in [3.8, 4) is 16.9 Å². The number of pyridine rings is 1. The fourth-order valence-corrected chi connectivity index (χ4v) is 3.03. The van der Waals surface area contributed by atoms with Gasteiger partial charge in [0.1, 0.15) is 5.75 Å². The van der Waals surface area contributed by atoms with Crippen LogP contribution in [0.2, 0.25) is 0 Å². The van der Waals surface area contributed by atoms with Crippen molar-refractivity contribution in [2.24, 2.45) is 5.92 Å². The summed E-state index contributed by atoms with van der Waals surface area (Å²) in [6.45, 7) is 3.47. The van der Waals surface area contributed by atoms with E-state index in [0.717, 1.165) is 22.6 Å².